The van der Waals surface area contributed by atoms with Crippen LogP contribution in [0.2, 0.25) is 0 Å². The molecule has 0 spiro atoms. The highest BCUT2D eigenvalue weighted by Gasteiger charge is 2.11. The molecule has 0 unspecified atom stereocenters. The lowest BCUT2D eigenvalue weighted by atomic mass is 10.1. The molecule has 0 atom stereocenters. The minimum Gasteiger partial charge on any atom is -0.383 e. The highest BCUT2D eigenvalue weighted by atomic mass is 16.1. The molecule has 3 N–H and O–H groups in total. The molecule has 0 saturated carbocycles. The topological polar surface area (TPSA) is 69.8 Å². The Morgan fingerprint density at radius 2 is 1.79 bits per heavy atom. The van der Waals surface area contributed by atoms with E-state index in [4.69, 9.17) is 0 Å². The first kappa shape index (κ1) is 18.7. The van der Waals surface area contributed by atoms with E-state index < -0.39 is 0 Å². The number of rotatable bonds is 6. The van der Waals surface area contributed by atoms with Gasteiger partial charge in [-0.25, -0.2) is 4.98 Å². The van der Waals surface area contributed by atoms with E-state index in [9.17, 15) is 4.79 Å². The van der Waals surface area contributed by atoms with Crippen molar-refractivity contribution >= 4 is 28.2 Å². The van der Waals surface area contributed by atoms with Crippen molar-refractivity contribution in [3.8, 4) is 0 Å². The van der Waals surface area contributed by atoms with E-state index in [0.717, 1.165) is 41.0 Å². The molecular formula is C24H24N4O. The zero-order valence-electron chi connectivity index (χ0n) is 16.6. The quantitative estimate of drug-likeness (QED) is 0.434. The maximum Gasteiger partial charge on any atom is 0.274 e. The Morgan fingerprint density at radius 3 is 2.55 bits per heavy atom. The fourth-order valence-electron chi connectivity index (χ4n) is 3.50. The van der Waals surface area contributed by atoms with E-state index in [1.807, 2.05) is 44.2 Å². The molecule has 5 nitrogen and oxygen atoms in total. The molecule has 0 bridgehead atoms. The zero-order valence-corrected chi connectivity index (χ0v) is 16.6. The molecule has 0 radical (unpaired) electrons. The fourth-order valence-corrected chi connectivity index (χ4v) is 3.50. The maximum absolute atomic E-state index is 12.5. The summed E-state index contributed by atoms with van der Waals surface area (Å²) in [5.74, 6) is -0.201. The van der Waals surface area contributed by atoms with Crippen molar-refractivity contribution in [2.75, 3.05) is 17.2 Å². The lowest BCUT2D eigenvalue weighted by Crippen LogP contribution is -2.15. The number of aromatic amines is 1. The van der Waals surface area contributed by atoms with Crippen molar-refractivity contribution in [1.82, 2.24) is 9.97 Å². The van der Waals surface area contributed by atoms with Crippen LogP contribution in [0.1, 0.15) is 27.2 Å². The largest absolute Gasteiger partial charge is 0.383 e. The average molecular weight is 384 g/mol. The van der Waals surface area contributed by atoms with Gasteiger partial charge in [0.05, 0.1) is 11.9 Å². The molecule has 4 rings (SSSR count). The minimum absolute atomic E-state index is 0.201. The Hall–Kier alpha value is -3.60. The number of fused-ring (bicyclic) bond motifs is 1. The third-order valence-electron chi connectivity index (χ3n) is 5.11. The molecule has 0 saturated heterocycles. The number of aromatic nitrogens is 2. The molecule has 2 aromatic carbocycles. The van der Waals surface area contributed by atoms with Crippen LogP contribution in [0.25, 0.3) is 10.9 Å². The summed E-state index contributed by atoms with van der Waals surface area (Å²) < 4.78 is 0. The molecule has 0 aliphatic carbocycles. The number of hydrogen-bond acceptors (Lipinski definition) is 3. The van der Waals surface area contributed by atoms with Crippen LogP contribution in [0.15, 0.2) is 67.0 Å². The van der Waals surface area contributed by atoms with Crippen molar-refractivity contribution in [2.24, 2.45) is 0 Å². The second-order valence-corrected chi connectivity index (χ2v) is 7.19. The standard InChI is InChI=1S/C24H24N4O/c1-16-6-5-7-17(2)23(16)28-24(29)22-11-10-19(15-27-22)25-13-12-18-14-26-21-9-4-3-8-20(18)21/h3-11,14-15,25-26H,12-13H2,1-2H3,(H,28,29). The number of amides is 1. The van der Waals surface area contributed by atoms with Gasteiger partial charge >= 0.3 is 0 Å². The van der Waals surface area contributed by atoms with Crippen LogP contribution in [-0.4, -0.2) is 22.4 Å². The number of para-hydroxylation sites is 2. The predicted molar refractivity (Wildman–Crippen MR) is 119 cm³/mol. The van der Waals surface area contributed by atoms with Crippen molar-refractivity contribution in [3.05, 3.63) is 89.4 Å². The third kappa shape index (κ3) is 4.14. The third-order valence-corrected chi connectivity index (χ3v) is 5.11. The molecule has 0 fully saturated rings. The Balaban J connectivity index is 1.36. The highest BCUT2D eigenvalue weighted by molar-refractivity contribution is 6.03. The molecule has 146 valence electrons. The number of nitrogens with one attached hydrogen (secondary N) is 3. The van der Waals surface area contributed by atoms with Gasteiger partial charge < -0.3 is 15.6 Å². The van der Waals surface area contributed by atoms with Crippen LogP contribution in [-0.2, 0) is 6.42 Å². The van der Waals surface area contributed by atoms with Gasteiger partial charge in [0, 0.05) is 29.3 Å². The first-order valence-corrected chi connectivity index (χ1v) is 9.74. The Labute approximate surface area is 170 Å². The van der Waals surface area contributed by atoms with Crippen LogP contribution >= 0.6 is 0 Å². The number of anilines is 2. The zero-order chi connectivity index (χ0) is 20.2. The molecule has 0 aliphatic heterocycles. The first-order valence-electron chi connectivity index (χ1n) is 9.74. The van der Waals surface area contributed by atoms with Crippen molar-refractivity contribution in [3.63, 3.8) is 0 Å². The molecule has 29 heavy (non-hydrogen) atoms. The highest BCUT2D eigenvalue weighted by Crippen LogP contribution is 2.21. The number of H-pyrrole nitrogens is 1. The number of aryl methyl sites for hydroxylation is 2. The SMILES string of the molecule is Cc1cccc(C)c1NC(=O)c1ccc(NCCc2c[nH]c3ccccc23)cn1. The van der Waals surface area contributed by atoms with Gasteiger partial charge in [-0.1, -0.05) is 36.4 Å². The molecule has 0 aliphatic rings. The van der Waals surface area contributed by atoms with Gasteiger partial charge in [-0.2, -0.15) is 0 Å². The van der Waals surface area contributed by atoms with Crippen LogP contribution in [0.4, 0.5) is 11.4 Å². The van der Waals surface area contributed by atoms with Gasteiger partial charge in [-0.15, -0.1) is 0 Å². The Bertz CT molecular complexity index is 1120. The van der Waals surface area contributed by atoms with E-state index >= 15 is 0 Å². The monoisotopic (exact) mass is 384 g/mol. The van der Waals surface area contributed by atoms with E-state index in [0.29, 0.717) is 5.69 Å². The van der Waals surface area contributed by atoms with Crippen molar-refractivity contribution in [2.45, 2.75) is 20.3 Å². The van der Waals surface area contributed by atoms with Crippen molar-refractivity contribution in [1.29, 1.82) is 0 Å². The summed E-state index contributed by atoms with van der Waals surface area (Å²) in [4.78, 5) is 20.1. The van der Waals surface area contributed by atoms with Crippen LogP contribution in [0.5, 0.6) is 0 Å². The van der Waals surface area contributed by atoms with E-state index in [1.54, 1.807) is 12.3 Å². The summed E-state index contributed by atoms with van der Waals surface area (Å²) in [6.45, 7) is 4.75. The van der Waals surface area contributed by atoms with Gasteiger partial charge in [-0.05, 0) is 55.2 Å². The average Bonchev–Trinajstić information content (AvgIpc) is 3.14. The smallest absolute Gasteiger partial charge is 0.274 e. The number of carbonyl (C=O) groups excluding carboxylic acids is 1. The maximum atomic E-state index is 12.5. The van der Waals surface area contributed by atoms with E-state index in [-0.39, 0.29) is 5.91 Å². The lowest BCUT2D eigenvalue weighted by molar-refractivity contribution is 0.102. The van der Waals surface area contributed by atoms with Gasteiger partial charge in [0.1, 0.15) is 5.69 Å². The van der Waals surface area contributed by atoms with Crippen LogP contribution in [0.3, 0.4) is 0 Å². The predicted octanol–water partition coefficient (Wildman–Crippen LogP) is 5.09. The molecule has 1 amide bonds. The number of benzene rings is 2. The molecular weight excluding hydrogens is 360 g/mol. The van der Waals surface area contributed by atoms with Gasteiger partial charge in [0.2, 0.25) is 0 Å². The van der Waals surface area contributed by atoms with Crippen LogP contribution in [0, 0.1) is 13.8 Å². The summed E-state index contributed by atoms with van der Waals surface area (Å²) in [7, 11) is 0. The van der Waals surface area contributed by atoms with Gasteiger partial charge in [-0.3, -0.25) is 4.79 Å². The number of carbonyl (C=O) groups is 1. The molecule has 2 aromatic heterocycles. The number of hydrogen-bond donors (Lipinski definition) is 3. The second-order valence-electron chi connectivity index (χ2n) is 7.19. The van der Waals surface area contributed by atoms with Gasteiger partial charge in [0.15, 0.2) is 0 Å². The van der Waals surface area contributed by atoms with E-state index in [2.05, 4.69) is 45.0 Å². The molecule has 5 heteroatoms. The fraction of sp³-hybridized carbons (Fsp3) is 0.167. The molecule has 4 aromatic rings. The second kappa shape index (κ2) is 8.19. The number of pyridine rings is 1. The number of nitrogens with zero attached hydrogens (tertiary/aromatic N) is 1. The normalized spacial score (nSPS) is 10.8. The summed E-state index contributed by atoms with van der Waals surface area (Å²) in [5, 5.41) is 7.60. The van der Waals surface area contributed by atoms with E-state index in [1.165, 1.54) is 10.9 Å². The summed E-state index contributed by atoms with van der Waals surface area (Å²) in [5.41, 5.74) is 6.65. The van der Waals surface area contributed by atoms with Gasteiger partial charge in [0.25, 0.3) is 5.91 Å². The minimum atomic E-state index is -0.201. The van der Waals surface area contributed by atoms with Crippen molar-refractivity contribution < 1.29 is 4.79 Å². The summed E-state index contributed by atoms with van der Waals surface area (Å²) in [6.07, 6.45) is 4.67. The summed E-state index contributed by atoms with van der Waals surface area (Å²) >= 11 is 0. The lowest BCUT2D eigenvalue weighted by Gasteiger charge is -2.11. The first-order chi connectivity index (χ1) is 14.1. The van der Waals surface area contributed by atoms with Crippen LogP contribution < -0.4 is 10.6 Å². The Morgan fingerprint density at radius 1 is 1.00 bits per heavy atom. The molecule has 2 heterocycles. The Kier molecular flexibility index (Phi) is 5.29. The summed E-state index contributed by atoms with van der Waals surface area (Å²) in [6, 6.07) is 17.9.